The molecule has 1 aromatic heterocycles. The topological polar surface area (TPSA) is 71.1 Å². The van der Waals surface area contributed by atoms with Crippen LogP contribution >= 0.6 is 0 Å². The molecule has 8 heteroatoms. The summed E-state index contributed by atoms with van der Waals surface area (Å²) in [5.41, 5.74) is 1.24. The van der Waals surface area contributed by atoms with Gasteiger partial charge in [0.1, 0.15) is 5.82 Å². The molecule has 0 radical (unpaired) electrons. The lowest BCUT2D eigenvalue weighted by Gasteiger charge is -2.35. The number of carbonyl (C=O) groups excluding carboxylic acids is 2. The molecule has 2 aromatic rings. The van der Waals surface area contributed by atoms with Crippen molar-refractivity contribution >= 4 is 17.5 Å². The summed E-state index contributed by atoms with van der Waals surface area (Å²) < 4.78 is 41.7. The Kier molecular flexibility index (Phi) is 5.62. The van der Waals surface area contributed by atoms with E-state index in [0.29, 0.717) is 24.2 Å². The molecule has 0 spiro atoms. The number of aromatic nitrogens is 1. The van der Waals surface area contributed by atoms with E-state index in [0.717, 1.165) is 11.6 Å². The van der Waals surface area contributed by atoms with Crippen LogP contribution in [0.15, 0.2) is 65.1 Å². The molecular weight excluding hydrogens is 419 g/mol. The number of nitrogens with one attached hydrogen (secondary N) is 2. The second-order valence-electron chi connectivity index (χ2n) is 8.02. The van der Waals surface area contributed by atoms with Crippen molar-refractivity contribution in [3.8, 4) is 0 Å². The van der Waals surface area contributed by atoms with Gasteiger partial charge in [0, 0.05) is 41.1 Å². The minimum absolute atomic E-state index is 0.0824. The van der Waals surface area contributed by atoms with Crippen LogP contribution in [0.1, 0.15) is 48.8 Å². The number of Topliss-reactive ketones (excluding diaryl/α,β-unsaturated/α-hetero) is 1. The van der Waals surface area contributed by atoms with E-state index in [-0.39, 0.29) is 34.7 Å². The number of benzene rings is 1. The maximum absolute atomic E-state index is 13.9. The zero-order valence-electron chi connectivity index (χ0n) is 17.6. The third kappa shape index (κ3) is 4.04. The Bertz CT molecular complexity index is 1170. The normalized spacial score (nSPS) is 18.9. The number of hydrogen-bond donors (Lipinski definition) is 2. The van der Waals surface area contributed by atoms with Gasteiger partial charge in [-0.05, 0) is 56.0 Å². The molecule has 5 nitrogen and oxygen atoms in total. The van der Waals surface area contributed by atoms with Gasteiger partial charge in [0.2, 0.25) is 0 Å². The first-order valence-electron chi connectivity index (χ1n) is 10.3. The van der Waals surface area contributed by atoms with Crippen LogP contribution in [0.5, 0.6) is 0 Å². The van der Waals surface area contributed by atoms with Crippen molar-refractivity contribution in [2.45, 2.75) is 45.2 Å². The summed E-state index contributed by atoms with van der Waals surface area (Å²) in [6.07, 6.45) is -1.71. The third-order valence-corrected chi connectivity index (χ3v) is 5.75. The van der Waals surface area contributed by atoms with E-state index in [2.05, 4.69) is 15.6 Å². The van der Waals surface area contributed by atoms with Gasteiger partial charge in [0.05, 0.1) is 5.56 Å². The van der Waals surface area contributed by atoms with Crippen molar-refractivity contribution in [1.29, 1.82) is 0 Å². The second-order valence-corrected chi connectivity index (χ2v) is 8.02. The van der Waals surface area contributed by atoms with E-state index >= 15 is 0 Å². The number of nitrogens with zero attached hydrogens (tertiary/aromatic N) is 1. The van der Waals surface area contributed by atoms with Crippen LogP contribution in [0, 0.1) is 6.92 Å². The molecule has 2 N–H and O–H groups in total. The molecule has 166 valence electrons. The largest absolute Gasteiger partial charge is 0.416 e. The molecule has 2 aliphatic rings. The van der Waals surface area contributed by atoms with Crippen LogP contribution < -0.4 is 10.6 Å². The molecule has 1 aliphatic heterocycles. The summed E-state index contributed by atoms with van der Waals surface area (Å²) in [5.74, 6) is -1.68. The predicted molar refractivity (Wildman–Crippen MR) is 114 cm³/mol. The summed E-state index contributed by atoms with van der Waals surface area (Å²) in [6.45, 7) is 3.48. The third-order valence-electron chi connectivity index (χ3n) is 5.75. The lowest BCUT2D eigenvalue weighted by molar-refractivity contribution is -0.138. The Morgan fingerprint density at radius 3 is 2.62 bits per heavy atom. The average Bonchev–Trinajstić information content (AvgIpc) is 2.72. The van der Waals surface area contributed by atoms with Gasteiger partial charge in [-0.3, -0.25) is 9.59 Å². The quantitative estimate of drug-likeness (QED) is 0.702. The Labute approximate surface area is 183 Å². The number of aryl methyl sites for hydroxylation is 1. The maximum atomic E-state index is 13.9. The number of dihydropyridines is 1. The number of alkyl halides is 3. The predicted octanol–water partition coefficient (Wildman–Crippen LogP) is 5.02. The SMILES string of the molecule is CC1=C(C(=O)Nc2cc(C)ccn2)[C@@H](c2ccccc2C(F)(F)F)C2=C(CCCC2=O)N1. The molecule has 0 fully saturated rings. The highest BCUT2D eigenvalue weighted by Crippen LogP contribution is 2.46. The van der Waals surface area contributed by atoms with Crippen LogP contribution in [0.25, 0.3) is 0 Å². The highest BCUT2D eigenvalue weighted by molar-refractivity contribution is 6.09. The lowest BCUT2D eigenvalue weighted by Crippen LogP contribution is -2.36. The van der Waals surface area contributed by atoms with Crippen LogP contribution in [-0.2, 0) is 15.8 Å². The number of pyridine rings is 1. The molecule has 1 aromatic carbocycles. The number of allylic oxidation sites excluding steroid dienone is 3. The number of halogens is 3. The summed E-state index contributed by atoms with van der Waals surface area (Å²) >= 11 is 0. The molecule has 4 rings (SSSR count). The van der Waals surface area contributed by atoms with Crippen LogP contribution in [0.2, 0.25) is 0 Å². The monoisotopic (exact) mass is 441 g/mol. The smallest absolute Gasteiger partial charge is 0.362 e. The van der Waals surface area contributed by atoms with Crippen molar-refractivity contribution in [1.82, 2.24) is 10.3 Å². The van der Waals surface area contributed by atoms with Gasteiger partial charge in [0.15, 0.2) is 5.78 Å². The standard InChI is InChI=1S/C24H22F3N3O2/c1-13-10-11-28-19(12-13)30-23(32)20-14(2)29-17-8-5-9-18(31)22(17)21(20)15-6-3-4-7-16(15)24(25,26)27/h3-4,6-7,10-12,21,29H,5,8-9H2,1-2H3,(H,28,30,32)/t21-/m1/s1. The van der Waals surface area contributed by atoms with E-state index < -0.39 is 23.6 Å². The molecular formula is C24H22F3N3O2. The summed E-state index contributed by atoms with van der Waals surface area (Å²) in [5, 5.41) is 5.80. The van der Waals surface area contributed by atoms with Gasteiger partial charge in [-0.1, -0.05) is 18.2 Å². The maximum Gasteiger partial charge on any atom is 0.416 e. The Morgan fingerprint density at radius 1 is 1.16 bits per heavy atom. The van der Waals surface area contributed by atoms with Crippen LogP contribution in [-0.4, -0.2) is 16.7 Å². The van der Waals surface area contributed by atoms with Gasteiger partial charge in [0.25, 0.3) is 5.91 Å². The number of ketones is 1. The van der Waals surface area contributed by atoms with E-state index in [9.17, 15) is 22.8 Å². The zero-order chi connectivity index (χ0) is 23.0. The van der Waals surface area contributed by atoms with Gasteiger partial charge in [-0.15, -0.1) is 0 Å². The second kappa shape index (κ2) is 8.26. The van der Waals surface area contributed by atoms with Gasteiger partial charge < -0.3 is 10.6 Å². The Morgan fingerprint density at radius 2 is 1.91 bits per heavy atom. The van der Waals surface area contributed by atoms with E-state index in [1.165, 1.54) is 24.4 Å². The molecule has 1 atom stereocenters. The molecule has 0 unspecified atom stereocenters. The number of amides is 1. The molecule has 0 saturated heterocycles. The lowest BCUT2D eigenvalue weighted by atomic mass is 9.73. The van der Waals surface area contributed by atoms with Crippen molar-refractivity contribution in [2.75, 3.05) is 5.32 Å². The minimum Gasteiger partial charge on any atom is -0.362 e. The molecule has 1 amide bonds. The first-order chi connectivity index (χ1) is 15.2. The molecule has 0 saturated carbocycles. The van der Waals surface area contributed by atoms with Crippen molar-refractivity contribution in [2.24, 2.45) is 0 Å². The van der Waals surface area contributed by atoms with E-state index in [1.807, 2.05) is 6.92 Å². The first-order valence-corrected chi connectivity index (χ1v) is 10.3. The fraction of sp³-hybridized carbons (Fsp3) is 0.292. The fourth-order valence-electron chi connectivity index (χ4n) is 4.39. The summed E-state index contributed by atoms with van der Waals surface area (Å²) in [7, 11) is 0. The van der Waals surface area contributed by atoms with Crippen molar-refractivity contribution < 1.29 is 22.8 Å². The number of hydrogen-bond acceptors (Lipinski definition) is 4. The summed E-state index contributed by atoms with van der Waals surface area (Å²) in [6, 6.07) is 8.56. The number of carbonyl (C=O) groups is 2. The van der Waals surface area contributed by atoms with Gasteiger partial charge >= 0.3 is 6.18 Å². The number of anilines is 1. The van der Waals surface area contributed by atoms with Crippen LogP contribution in [0.4, 0.5) is 19.0 Å². The number of rotatable bonds is 3. The van der Waals surface area contributed by atoms with Crippen molar-refractivity contribution in [3.63, 3.8) is 0 Å². The Hall–Kier alpha value is -3.42. The molecule has 0 bridgehead atoms. The van der Waals surface area contributed by atoms with Gasteiger partial charge in [-0.25, -0.2) is 4.98 Å². The zero-order valence-corrected chi connectivity index (χ0v) is 17.6. The van der Waals surface area contributed by atoms with Crippen molar-refractivity contribution in [3.05, 3.63) is 81.8 Å². The van der Waals surface area contributed by atoms with E-state index in [4.69, 9.17) is 0 Å². The van der Waals surface area contributed by atoms with Crippen LogP contribution in [0.3, 0.4) is 0 Å². The molecule has 1 aliphatic carbocycles. The Balaban J connectivity index is 1.87. The first kappa shape index (κ1) is 21.8. The molecule has 32 heavy (non-hydrogen) atoms. The van der Waals surface area contributed by atoms with Gasteiger partial charge in [-0.2, -0.15) is 13.2 Å². The molecule has 2 heterocycles. The average molecular weight is 441 g/mol. The minimum atomic E-state index is -4.63. The summed E-state index contributed by atoms with van der Waals surface area (Å²) in [4.78, 5) is 30.4. The fourth-order valence-corrected chi connectivity index (χ4v) is 4.39. The van der Waals surface area contributed by atoms with E-state index in [1.54, 1.807) is 19.1 Å². The highest BCUT2D eigenvalue weighted by atomic mass is 19.4. The highest BCUT2D eigenvalue weighted by Gasteiger charge is 2.43.